The maximum Gasteiger partial charge on any atom is 0.328 e. The molecule has 3 aliphatic rings. The Hall–Kier alpha value is -6.85. The van der Waals surface area contributed by atoms with Crippen LogP contribution in [0.4, 0.5) is 10.5 Å². The molecule has 4 heterocycles. The number of nitrogens with one attached hydrogen (secondary N) is 3. The van der Waals surface area contributed by atoms with E-state index in [2.05, 4.69) is 43.4 Å². The summed E-state index contributed by atoms with van der Waals surface area (Å²) in [4.78, 5) is 130. The Labute approximate surface area is 534 Å². The molecule has 4 bridgehead atoms. The number of esters is 2. The second-order valence-electron chi connectivity index (χ2n) is 24.5. The van der Waals surface area contributed by atoms with Crippen LogP contribution in [0.25, 0.3) is 10.9 Å². The molecule has 2 saturated heterocycles. The highest BCUT2D eigenvalue weighted by atomic mass is 79.9. The number of amides is 6. The summed E-state index contributed by atoms with van der Waals surface area (Å²) in [6, 6.07) is 7.17. The number of aromatic nitrogens is 1. The normalized spacial score (nSPS) is 24.0. The Kier molecular flexibility index (Phi) is 25.4. The van der Waals surface area contributed by atoms with Crippen molar-refractivity contribution in [2.24, 2.45) is 23.5 Å². The van der Waals surface area contributed by atoms with E-state index in [1.807, 2.05) is 45.9 Å². The van der Waals surface area contributed by atoms with Gasteiger partial charge < -0.3 is 55.5 Å². The van der Waals surface area contributed by atoms with Crippen molar-refractivity contribution < 1.29 is 67.2 Å². The number of anilines is 1. The molecule has 0 aliphatic carbocycles. The van der Waals surface area contributed by atoms with E-state index in [0.717, 1.165) is 16.7 Å². The van der Waals surface area contributed by atoms with Crippen molar-refractivity contribution >= 4 is 97.3 Å². The van der Waals surface area contributed by atoms with Crippen LogP contribution in [0.2, 0.25) is 5.02 Å². The van der Waals surface area contributed by atoms with Gasteiger partial charge in [0.15, 0.2) is 5.78 Å². The first-order chi connectivity index (χ1) is 42.0. The Morgan fingerprint density at radius 3 is 2.44 bits per heavy atom. The lowest BCUT2D eigenvalue weighted by atomic mass is 9.78. The highest BCUT2D eigenvalue weighted by molar-refractivity contribution is 9.09. The lowest BCUT2D eigenvalue weighted by Crippen LogP contribution is -2.53. The van der Waals surface area contributed by atoms with Gasteiger partial charge in [0.1, 0.15) is 41.3 Å². The molecule has 89 heavy (non-hydrogen) atoms. The molecular formula is C66H87BrClN7O14. The number of carbonyl (C=O) groups excluding carboxylic acids is 9. The number of benzene rings is 2. The van der Waals surface area contributed by atoms with E-state index in [1.54, 1.807) is 51.2 Å². The van der Waals surface area contributed by atoms with Gasteiger partial charge in [-0.3, -0.25) is 38.5 Å². The number of allylic oxidation sites excluding steroid dienone is 3. The van der Waals surface area contributed by atoms with Crippen LogP contribution in [0.15, 0.2) is 78.5 Å². The molecule has 0 spiro atoms. The number of rotatable bonds is 25. The summed E-state index contributed by atoms with van der Waals surface area (Å²) in [7, 11) is 4.46. The monoisotopic (exact) mass is 1320 g/mol. The number of halogens is 2. The number of urea groups is 1. The molecule has 6 rings (SSSR count). The topological polar surface area (TPSA) is 296 Å². The van der Waals surface area contributed by atoms with Crippen molar-refractivity contribution in [3.8, 4) is 0 Å². The van der Waals surface area contributed by atoms with Crippen molar-refractivity contribution in [1.82, 2.24) is 25.8 Å². The van der Waals surface area contributed by atoms with Gasteiger partial charge in [-0.1, -0.05) is 103 Å². The Morgan fingerprint density at radius 2 is 1.75 bits per heavy atom. The van der Waals surface area contributed by atoms with E-state index < -0.39 is 102 Å². The summed E-state index contributed by atoms with van der Waals surface area (Å²) in [6.07, 6.45) is 5.14. The second-order valence-corrected chi connectivity index (χ2v) is 25.4. The molecule has 21 nitrogen and oxygen atoms in total. The first-order valence-electron chi connectivity index (χ1n) is 30.3. The van der Waals surface area contributed by atoms with Crippen molar-refractivity contribution in [3.05, 3.63) is 106 Å². The Bertz CT molecular complexity index is 3230. The van der Waals surface area contributed by atoms with E-state index in [4.69, 9.17) is 36.3 Å². The number of unbranched alkanes of at least 4 members (excludes halogenated alkanes) is 2. The molecule has 0 radical (unpaired) electrons. The number of hydrogen-bond acceptors (Lipinski definition) is 15. The lowest BCUT2D eigenvalue weighted by molar-refractivity contribution is -0.187. The van der Waals surface area contributed by atoms with E-state index in [-0.39, 0.29) is 86.0 Å². The number of methoxy groups -OCH3 is 1. The molecule has 2 aromatic carbocycles. The van der Waals surface area contributed by atoms with Crippen molar-refractivity contribution in [2.75, 3.05) is 44.5 Å². The molecular weight excluding hydrogens is 1230 g/mol. The zero-order valence-corrected chi connectivity index (χ0v) is 55.1. The van der Waals surface area contributed by atoms with Crippen molar-refractivity contribution in [2.45, 2.75) is 173 Å². The number of ketones is 2. The molecule has 2 fully saturated rings. The van der Waals surface area contributed by atoms with E-state index >= 15 is 0 Å². The minimum absolute atomic E-state index is 0.00879. The van der Waals surface area contributed by atoms with Gasteiger partial charge in [-0.05, 0) is 101 Å². The van der Waals surface area contributed by atoms with Gasteiger partial charge in [0.25, 0.3) is 5.91 Å². The number of nitrogens with two attached hydrogens (primary N) is 1. The molecule has 0 unspecified atom stereocenters. The number of carbonyl (C=O) groups is 9. The average Bonchev–Trinajstić information content (AvgIpc) is 1.59. The minimum Gasteiger partial charge on any atom is -0.462 e. The number of primary amides is 1. The average molecular weight is 1320 g/mol. The molecule has 1 aromatic heterocycles. The van der Waals surface area contributed by atoms with Crippen LogP contribution in [0.3, 0.4) is 0 Å². The van der Waals surface area contributed by atoms with Gasteiger partial charge in [-0.25, -0.2) is 9.59 Å². The standard InChI is InChI=1S/C66H87BrClN7O14/c1-37(2)48(32-45(76)19-13-12-14-25-71-60(80)40(5)36-67)61(81)73-49(21-17-27-72-64(69)84)51(77)31-44-23-24-47(58-46(44)20-16-26-70-58)62(82)74(9)42(7)63(83)88-54-33-55(78)75(10)50-30-43(29-39(4)57(50)68)28-38(3)18-15-22-53(86-11)66(85)34-52(87-56(79)35-66)41(6)59-65(54,8)89-59/h15-16,18,20,22-24,26,29-30,37,41-42,48-49,52-54,59,85H,5,12-14,17,19,21,25,27-28,31-36H2,1-4,6-11H3,(H,71,80)(H,73,81)(H3,69,72,84)/b22-15+,38-18+/t41-,42+,48+,49+,52+,53-,54+,59+,65+,66-/m1/s1. The summed E-state index contributed by atoms with van der Waals surface area (Å²) in [5.74, 6) is -5.40. The first-order valence-corrected chi connectivity index (χ1v) is 31.8. The largest absolute Gasteiger partial charge is 0.462 e. The highest BCUT2D eigenvalue weighted by Gasteiger charge is 2.64. The Morgan fingerprint density at radius 1 is 1.03 bits per heavy atom. The van der Waals surface area contributed by atoms with Crippen LogP contribution >= 0.6 is 27.5 Å². The molecule has 3 aromatic rings. The third kappa shape index (κ3) is 18.4. The summed E-state index contributed by atoms with van der Waals surface area (Å²) in [5.41, 5.74) is 6.51. The van der Waals surface area contributed by atoms with Crippen molar-refractivity contribution in [3.63, 3.8) is 0 Å². The third-order valence-corrected chi connectivity index (χ3v) is 18.5. The first kappa shape index (κ1) is 71.2. The number of likely N-dealkylation sites (N-methyl/N-ethyl adjacent to an activating group) is 1. The molecule has 484 valence electrons. The van der Waals surface area contributed by atoms with Gasteiger partial charge in [0, 0.05) is 94.3 Å². The van der Waals surface area contributed by atoms with Crippen LogP contribution < -0.4 is 26.6 Å². The summed E-state index contributed by atoms with van der Waals surface area (Å²) >= 11 is 10.1. The number of aryl methyl sites for hydroxylation is 1. The molecule has 6 amide bonds. The van der Waals surface area contributed by atoms with Crippen LogP contribution in [0, 0.1) is 24.7 Å². The van der Waals surface area contributed by atoms with Gasteiger partial charge in [-0.15, -0.1) is 0 Å². The van der Waals surface area contributed by atoms with Gasteiger partial charge in [0.05, 0.1) is 46.8 Å². The summed E-state index contributed by atoms with van der Waals surface area (Å²) in [6.45, 7) is 16.7. The van der Waals surface area contributed by atoms with Crippen LogP contribution in [0.1, 0.15) is 133 Å². The van der Waals surface area contributed by atoms with Crippen LogP contribution in [-0.2, 0) is 65.4 Å². The predicted molar refractivity (Wildman–Crippen MR) is 341 cm³/mol. The fraction of sp³-hybridized carbons (Fsp3) is 0.545. The lowest BCUT2D eigenvalue weighted by Gasteiger charge is -2.41. The number of fused-ring (bicyclic) bond motifs is 6. The van der Waals surface area contributed by atoms with Crippen LogP contribution in [0.5, 0.6) is 0 Å². The zero-order valence-electron chi connectivity index (χ0n) is 52.7. The number of pyridine rings is 1. The minimum atomic E-state index is -1.65. The quantitative estimate of drug-likeness (QED) is 0.0178. The molecule has 23 heteroatoms. The highest BCUT2D eigenvalue weighted by Crippen LogP contribution is 2.50. The third-order valence-electron chi connectivity index (χ3n) is 17.3. The van der Waals surface area contributed by atoms with Gasteiger partial charge >= 0.3 is 18.0 Å². The molecule has 0 saturated carbocycles. The molecule has 6 N–H and O–H groups in total. The van der Waals surface area contributed by atoms with E-state index in [9.17, 15) is 48.3 Å². The maximum absolute atomic E-state index is 14.7. The summed E-state index contributed by atoms with van der Waals surface area (Å²) < 4.78 is 24.3. The fourth-order valence-electron chi connectivity index (χ4n) is 11.6. The van der Waals surface area contributed by atoms with Gasteiger partial charge in [-0.2, -0.15) is 0 Å². The fourth-order valence-corrected chi connectivity index (χ4v) is 12.1. The summed E-state index contributed by atoms with van der Waals surface area (Å²) in [5, 5.41) is 21.5. The Balaban J connectivity index is 1.21. The smallest absolute Gasteiger partial charge is 0.328 e. The van der Waals surface area contributed by atoms with Gasteiger partial charge in [0.2, 0.25) is 17.7 Å². The number of epoxide rings is 1. The van der Waals surface area contributed by atoms with E-state index in [0.29, 0.717) is 64.8 Å². The number of nitrogens with zero attached hydrogens (tertiary/aromatic N) is 3. The number of alkyl halides is 1. The SMILES string of the molecule is C=C(CBr)C(=O)NCCCCCC(=O)C[C@H](C(=O)N[C@@H](CCCNC(N)=O)C(=O)Cc1ccc(C(=O)N(C)[C@@H](C)C(=O)O[C@H]2CC(=O)N(C)c3cc(cc(C)c3Cl)C/C(C)=C/C=C/[C@@H](OC)[C@]3(O)CC(=O)O[C@@H](C3)[C@@H](C)[C@@H]3O[C@@]23C)c2ncccc12)C(C)C. The second kappa shape index (κ2) is 31.7. The zero-order chi connectivity index (χ0) is 65.7. The van der Waals surface area contributed by atoms with Crippen LogP contribution in [-0.4, -0.2) is 155 Å². The number of ether oxygens (including phenoxy) is 4. The molecule has 3 aliphatic heterocycles. The molecule has 10 atom stereocenters. The number of aliphatic hydroxyl groups is 1. The predicted octanol–water partition coefficient (Wildman–Crippen LogP) is 7.83. The van der Waals surface area contributed by atoms with E-state index in [1.165, 1.54) is 43.1 Å². The number of Topliss-reactive ketones (excluding diaryl/α,β-unsaturated/α-hetero) is 2. The van der Waals surface area contributed by atoms with Crippen molar-refractivity contribution in [1.29, 1.82) is 0 Å². The number of hydrogen-bond donors (Lipinski definition) is 5. The maximum atomic E-state index is 14.7.